The SMILES string of the molecule is O=C(CNC(=O)c1ccc(Cl)cc1Cl)Nc1nc2ccc(Cl)cc2s1. The van der Waals surface area contributed by atoms with E-state index in [1.54, 1.807) is 24.3 Å². The van der Waals surface area contributed by atoms with Crippen LogP contribution in [0.5, 0.6) is 0 Å². The van der Waals surface area contributed by atoms with Gasteiger partial charge >= 0.3 is 0 Å². The van der Waals surface area contributed by atoms with E-state index in [-0.39, 0.29) is 17.1 Å². The van der Waals surface area contributed by atoms with Crippen molar-refractivity contribution in [2.24, 2.45) is 0 Å². The fourth-order valence-electron chi connectivity index (χ4n) is 2.04. The molecule has 0 saturated heterocycles. The van der Waals surface area contributed by atoms with Gasteiger partial charge in [-0.1, -0.05) is 46.1 Å². The molecule has 2 aromatic carbocycles. The Kier molecular flexibility index (Phi) is 5.44. The van der Waals surface area contributed by atoms with E-state index in [0.717, 1.165) is 10.2 Å². The minimum atomic E-state index is -0.465. The average molecular weight is 415 g/mol. The highest BCUT2D eigenvalue weighted by Crippen LogP contribution is 2.28. The van der Waals surface area contributed by atoms with Crippen LogP contribution < -0.4 is 10.6 Å². The topological polar surface area (TPSA) is 71.1 Å². The molecule has 0 unspecified atom stereocenters. The molecule has 2 N–H and O–H groups in total. The number of anilines is 1. The first-order chi connectivity index (χ1) is 11.9. The van der Waals surface area contributed by atoms with Crippen molar-refractivity contribution in [2.75, 3.05) is 11.9 Å². The van der Waals surface area contributed by atoms with Crippen LogP contribution in [0.2, 0.25) is 15.1 Å². The van der Waals surface area contributed by atoms with Gasteiger partial charge in [-0.3, -0.25) is 9.59 Å². The maximum atomic E-state index is 12.1. The molecule has 0 fully saturated rings. The number of thiazole rings is 1. The maximum Gasteiger partial charge on any atom is 0.253 e. The molecule has 25 heavy (non-hydrogen) atoms. The third kappa shape index (κ3) is 4.41. The number of carbonyl (C=O) groups excluding carboxylic acids is 2. The monoisotopic (exact) mass is 413 g/mol. The van der Waals surface area contributed by atoms with Crippen LogP contribution in [-0.4, -0.2) is 23.3 Å². The van der Waals surface area contributed by atoms with Crippen molar-refractivity contribution in [3.63, 3.8) is 0 Å². The normalized spacial score (nSPS) is 10.7. The zero-order chi connectivity index (χ0) is 18.0. The number of hydrogen-bond donors (Lipinski definition) is 2. The predicted molar refractivity (Wildman–Crippen MR) is 102 cm³/mol. The summed E-state index contributed by atoms with van der Waals surface area (Å²) in [5, 5.41) is 6.81. The van der Waals surface area contributed by atoms with E-state index in [9.17, 15) is 9.59 Å². The highest BCUT2D eigenvalue weighted by atomic mass is 35.5. The number of benzene rings is 2. The number of halogens is 3. The van der Waals surface area contributed by atoms with Gasteiger partial charge in [0.15, 0.2) is 5.13 Å². The fourth-order valence-corrected chi connectivity index (χ4v) is 3.70. The smallest absolute Gasteiger partial charge is 0.253 e. The Morgan fingerprint density at radius 3 is 2.52 bits per heavy atom. The summed E-state index contributed by atoms with van der Waals surface area (Å²) in [6.45, 7) is -0.214. The second-order valence-corrected chi connectivity index (χ2v) is 7.30. The number of amides is 2. The van der Waals surface area contributed by atoms with Crippen molar-refractivity contribution in [1.82, 2.24) is 10.3 Å². The van der Waals surface area contributed by atoms with E-state index in [2.05, 4.69) is 15.6 Å². The molecule has 128 valence electrons. The van der Waals surface area contributed by atoms with Crippen molar-refractivity contribution in [3.8, 4) is 0 Å². The summed E-state index contributed by atoms with van der Waals surface area (Å²) in [5.74, 6) is -0.864. The highest BCUT2D eigenvalue weighted by molar-refractivity contribution is 7.22. The average Bonchev–Trinajstić information content (AvgIpc) is 2.93. The number of rotatable bonds is 4. The lowest BCUT2D eigenvalue weighted by Gasteiger charge is -2.06. The molecule has 3 rings (SSSR count). The van der Waals surface area contributed by atoms with Crippen LogP contribution >= 0.6 is 46.1 Å². The summed E-state index contributed by atoms with van der Waals surface area (Å²) in [5.41, 5.74) is 0.982. The number of aromatic nitrogens is 1. The van der Waals surface area contributed by atoms with Crippen molar-refractivity contribution in [3.05, 3.63) is 57.0 Å². The largest absolute Gasteiger partial charge is 0.343 e. The molecule has 0 aliphatic carbocycles. The van der Waals surface area contributed by atoms with E-state index in [4.69, 9.17) is 34.8 Å². The Morgan fingerprint density at radius 1 is 1.04 bits per heavy atom. The molecular formula is C16H10Cl3N3O2S. The molecule has 0 atom stereocenters. The first-order valence-corrected chi connectivity index (χ1v) is 8.96. The zero-order valence-electron chi connectivity index (χ0n) is 12.5. The molecule has 9 heteroatoms. The second kappa shape index (κ2) is 7.58. The van der Waals surface area contributed by atoms with Gasteiger partial charge in [0, 0.05) is 10.0 Å². The maximum absolute atomic E-state index is 12.1. The minimum absolute atomic E-state index is 0.214. The lowest BCUT2D eigenvalue weighted by Crippen LogP contribution is -2.32. The minimum Gasteiger partial charge on any atom is -0.343 e. The number of carbonyl (C=O) groups is 2. The van der Waals surface area contributed by atoms with Crippen molar-refractivity contribution in [1.29, 1.82) is 0 Å². The van der Waals surface area contributed by atoms with Crippen LogP contribution in [0.25, 0.3) is 10.2 Å². The molecule has 5 nitrogen and oxygen atoms in total. The van der Waals surface area contributed by atoms with Gasteiger partial charge in [-0.25, -0.2) is 4.98 Å². The van der Waals surface area contributed by atoms with Gasteiger partial charge in [-0.2, -0.15) is 0 Å². The van der Waals surface area contributed by atoms with Crippen molar-refractivity contribution in [2.45, 2.75) is 0 Å². The molecule has 2 amide bonds. The van der Waals surface area contributed by atoms with Gasteiger partial charge in [0.25, 0.3) is 5.91 Å². The summed E-state index contributed by atoms with van der Waals surface area (Å²) in [4.78, 5) is 28.3. The number of hydrogen-bond acceptors (Lipinski definition) is 4. The van der Waals surface area contributed by atoms with Crippen LogP contribution in [0.1, 0.15) is 10.4 Å². The summed E-state index contributed by atoms with van der Waals surface area (Å²) in [7, 11) is 0. The molecule has 0 bridgehead atoms. The Bertz CT molecular complexity index is 974. The standard InChI is InChI=1S/C16H10Cl3N3O2S/c17-8-1-3-10(11(19)5-8)15(24)20-7-14(23)22-16-21-12-4-2-9(18)6-13(12)25-16/h1-6H,7H2,(H,20,24)(H,21,22,23). The lowest BCUT2D eigenvalue weighted by molar-refractivity contribution is -0.115. The summed E-state index contributed by atoms with van der Waals surface area (Å²) >= 11 is 19.0. The Labute approximate surface area is 161 Å². The van der Waals surface area contributed by atoms with Crippen molar-refractivity contribution < 1.29 is 9.59 Å². The van der Waals surface area contributed by atoms with Gasteiger partial charge in [0.1, 0.15) is 0 Å². The molecule has 1 aromatic heterocycles. The van der Waals surface area contributed by atoms with Crippen LogP contribution in [0, 0.1) is 0 Å². The summed E-state index contributed by atoms with van der Waals surface area (Å²) < 4.78 is 0.861. The quantitative estimate of drug-likeness (QED) is 0.654. The molecule has 0 aliphatic heterocycles. The first-order valence-electron chi connectivity index (χ1n) is 7.01. The van der Waals surface area contributed by atoms with Gasteiger partial charge in [-0.05, 0) is 36.4 Å². The van der Waals surface area contributed by atoms with Gasteiger partial charge in [-0.15, -0.1) is 0 Å². The van der Waals surface area contributed by atoms with E-state index in [0.29, 0.717) is 15.2 Å². The van der Waals surface area contributed by atoms with E-state index in [1.807, 2.05) is 0 Å². The Morgan fingerprint density at radius 2 is 1.76 bits per heavy atom. The van der Waals surface area contributed by atoms with Gasteiger partial charge in [0.05, 0.1) is 27.3 Å². The molecular weight excluding hydrogens is 405 g/mol. The second-order valence-electron chi connectivity index (χ2n) is 4.99. The van der Waals surface area contributed by atoms with Crippen LogP contribution in [0.15, 0.2) is 36.4 Å². The predicted octanol–water partition coefficient (Wildman–Crippen LogP) is 4.63. The van der Waals surface area contributed by atoms with Gasteiger partial charge < -0.3 is 10.6 Å². The molecule has 0 spiro atoms. The number of fused-ring (bicyclic) bond motifs is 1. The third-order valence-corrected chi connectivity index (χ3v) is 4.90. The van der Waals surface area contributed by atoms with E-state index < -0.39 is 11.8 Å². The zero-order valence-corrected chi connectivity index (χ0v) is 15.6. The van der Waals surface area contributed by atoms with Crippen LogP contribution in [0.4, 0.5) is 5.13 Å². The Hall–Kier alpha value is -1.86. The van der Waals surface area contributed by atoms with E-state index >= 15 is 0 Å². The summed E-state index contributed by atoms with van der Waals surface area (Å²) in [6, 6.07) is 9.78. The van der Waals surface area contributed by atoms with E-state index in [1.165, 1.54) is 23.5 Å². The van der Waals surface area contributed by atoms with Crippen LogP contribution in [-0.2, 0) is 4.79 Å². The fraction of sp³-hybridized carbons (Fsp3) is 0.0625. The van der Waals surface area contributed by atoms with Crippen molar-refractivity contribution >= 4 is 73.3 Å². The lowest BCUT2D eigenvalue weighted by atomic mass is 10.2. The Balaban J connectivity index is 1.61. The number of nitrogens with one attached hydrogen (secondary N) is 2. The third-order valence-electron chi connectivity index (χ3n) is 3.18. The number of nitrogens with zero attached hydrogens (tertiary/aromatic N) is 1. The first kappa shape index (κ1) is 17.9. The molecule has 0 radical (unpaired) electrons. The molecule has 0 aliphatic rings. The van der Waals surface area contributed by atoms with Gasteiger partial charge in [0.2, 0.25) is 5.91 Å². The molecule has 1 heterocycles. The molecule has 3 aromatic rings. The summed E-state index contributed by atoms with van der Waals surface area (Å²) in [6.07, 6.45) is 0. The molecule has 0 saturated carbocycles. The highest BCUT2D eigenvalue weighted by Gasteiger charge is 2.13. The van der Waals surface area contributed by atoms with Crippen LogP contribution in [0.3, 0.4) is 0 Å².